The van der Waals surface area contributed by atoms with Crippen molar-refractivity contribution in [3.05, 3.63) is 112 Å². The van der Waals surface area contributed by atoms with E-state index in [9.17, 15) is 10.1 Å². The molecule has 0 amide bonds. The molecule has 1 aliphatic rings. The fourth-order valence-corrected chi connectivity index (χ4v) is 4.10. The van der Waals surface area contributed by atoms with Gasteiger partial charge in [-0.3, -0.25) is 15.4 Å². The smallest absolute Gasteiger partial charge is 0.269 e. The van der Waals surface area contributed by atoms with E-state index in [1.54, 1.807) is 19.2 Å². The van der Waals surface area contributed by atoms with E-state index < -0.39 is 6.23 Å². The average molecular weight is 412 g/mol. The Bertz CT molecular complexity index is 1270. The maximum Gasteiger partial charge on any atom is 0.269 e. The Morgan fingerprint density at radius 2 is 1.74 bits per heavy atom. The molecule has 154 valence electrons. The minimum Gasteiger partial charge on any atom is -0.497 e. The molecular weight excluding hydrogens is 392 g/mol. The van der Waals surface area contributed by atoms with Gasteiger partial charge in [0.15, 0.2) is 6.23 Å². The van der Waals surface area contributed by atoms with Gasteiger partial charge in [0.2, 0.25) is 0 Å². The maximum atomic E-state index is 11.4. The molecule has 2 atom stereocenters. The van der Waals surface area contributed by atoms with Crippen LogP contribution in [0.3, 0.4) is 0 Å². The van der Waals surface area contributed by atoms with Crippen molar-refractivity contribution in [2.75, 3.05) is 7.11 Å². The van der Waals surface area contributed by atoms with Crippen molar-refractivity contribution in [2.45, 2.75) is 12.3 Å². The van der Waals surface area contributed by atoms with Crippen LogP contribution in [0.4, 0.5) is 5.69 Å². The molecule has 0 radical (unpaired) electrons. The SMILES string of the molecule is COc1ccc([C@H]2N[C@H](c3cccc([N+](=O)[O-])c3)c3c(ccc4ccccc34)O2)cc1. The predicted molar refractivity (Wildman–Crippen MR) is 118 cm³/mol. The summed E-state index contributed by atoms with van der Waals surface area (Å²) < 4.78 is 11.6. The van der Waals surface area contributed by atoms with Crippen molar-refractivity contribution in [3.8, 4) is 11.5 Å². The number of nitrogens with one attached hydrogen (secondary N) is 1. The van der Waals surface area contributed by atoms with E-state index in [1.165, 1.54) is 6.07 Å². The van der Waals surface area contributed by atoms with Crippen LogP contribution in [0.2, 0.25) is 0 Å². The average Bonchev–Trinajstić information content (AvgIpc) is 2.83. The first-order chi connectivity index (χ1) is 15.1. The van der Waals surface area contributed by atoms with Crippen LogP contribution in [0, 0.1) is 10.1 Å². The number of methoxy groups -OCH3 is 1. The van der Waals surface area contributed by atoms with E-state index in [2.05, 4.69) is 17.4 Å². The molecule has 0 fully saturated rings. The highest BCUT2D eigenvalue weighted by atomic mass is 16.6. The lowest BCUT2D eigenvalue weighted by Crippen LogP contribution is -2.35. The van der Waals surface area contributed by atoms with Gasteiger partial charge in [0, 0.05) is 23.3 Å². The second-order valence-electron chi connectivity index (χ2n) is 7.42. The third kappa shape index (κ3) is 3.47. The van der Waals surface area contributed by atoms with E-state index in [1.807, 2.05) is 54.6 Å². The Morgan fingerprint density at radius 3 is 2.52 bits per heavy atom. The Kier molecular flexibility index (Phi) is 4.76. The monoisotopic (exact) mass is 412 g/mol. The second-order valence-corrected chi connectivity index (χ2v) is 7.42. The van der Waals surface area contributed by atoms with Gasteiger partial charge in [0.1, 0.15) is 11.5 Å². The number of hydrogen-bond donors (Lipinski definition) is 1. The largest absolute Gasteiger partial charge is 0.497 e. The topological polar surface area (TPSA) is 73.6 Å². The number of ether oxygens (including phenoxy) is 2. The summed E-state index contributed by atoms with van der Waals surface area (Å²) in [6.07, 6.45) is -0.413. The molecule has 6 heteroatoms. The number of nitro benzene ring substituents is 1. The van der Waals surface area contributed by atoms with E-state index in [0.29, 0.717) is 0 Å². The Labute approximate surface area is 179 Å². The van der Waals surface area contributed by atoms with Gasteiger partial charge < -0.3 is 9.47 Å². The van der Waals surface area contributed by atoms with Crippen molar-refractivity contribution in [1.29, 1.82) is 0 Å². The number of hydrogen-bond acceptors (Lipinski definition) is 5. The van der Waals surface area contributed by atoms with Crippen molar-refractivity contribution < 1.29 is 14.4 Å². The molecule has 0 saturated carbocycles. The first kappa shape index (κ1) is 19.1. The molecule has 6 nitrogen and oxygen atoms in total. The number of benzene rings is 4. The van der Waals surface area contributed by atoms with Gasteiger partial charge >= 0.3 is 0 Å². The van der Waals surface area contributed by atoms with Crippen LogP contribution in [-0.4, -0.2) is 12.0 Å². The normalized spacial score (nSPS) is 17.6. The van der Waals surface area contributed by atoms with Crippen molar-refractivity contribution in [1.82, 2.24) is 5.32 Å². The summed E-state index contributed by atoms with van der Waals surface area (Å²) in [4.78, 5) is 11.0. The molecule has 0 bridgehead atoms. The van der Waals surface area contributed by atoms with Crippen LogP contribution in [0.25, 0.3) is 10.8 Å². The number of fused-ring (bicyclic) bond motifs is 3. The van der Waals surface area contributed by atoms with Crippen LogP contribution in [-0.2, 0) is 0 Å². The van der Waals surface area contributed by atoms with Crippen LogP contribution in [0.1, 0.15) is 29.0 Å². The lowest BCUT2D eigenvalue weighted by molar-refractivity contribution is -0.384. The highest BCUT2D eigenvalue weighted by Gasteiger charge is 2.31. The minimum atomic E-state index is -0.413. The Hall–Kier alpha value is -3.90. The summed E-state index contributed by atoms with van der Waals surface area (Å²) in [7, 11) is 1.63. The molecule has 5 rings (SSSR count). The van der Waals surface area contributed by atoms with Crippen LogP contribution in [0.15, 0.2) is 84.9 Å². The van der Waals surface area contributed by atoms with Gasteiger partial charge in [-0.15, -0.1) is 0 Å². The summed E-state index contributed by atoms with van der Waals surface area (Å²) >= 11 is 0. The Morgan fingerprint density at radius 1 is 0.935 bits per heavy atom. The van der Waals surface area contributed by atoms with E-state index >= 15 is 0 Å². The fourth-order valence-electron chi connectivity index (χ4n) is 4.10. The highest BCUT2D eigenvalue weighted by molar-refractivity contribution is 5.89. The van der Waals surface area contributed by atoms with Gasteiger partial charge in [0.05, 0.1) is 18.1 Å². The quantitative estimate of drug-likeness (QED) is 0.353. The maximum absolute atomic E-state index is 11.4. The molecule has 4 aromatic rings. The van der Waals surface area contributed by atoms with Crippen LogP contribution < -0.4 is 14.8 Å². The summed E-state index contributed by atoms with van der Waals surface area (Å²) in [6, 6.07) is 26.3. The highest BCUT2D eigenvalue weighted by Crippen LogP contribution is 2.43. The second kappa shape index (κ2) is 7.74. The fraction of sp³-hybridized carbons (Fsp3) is 0.120. The van der Waals surface area contributed by atoms with Gasteiger partial charge in [-0.1, -0.05) is 54.6 Å². The summed E-state index contributed by atoms with van der Waals surface area (Å²) in [6.45, 7) is 0. The first-order valence-electron chi connectivity index (χ1n) is 9.97. The zero-order valence-electron chi connectivity index (χ0n) is 16.8. The van der Waals surface area contributed by atoms with Gasteiger partial charge in [0.25, 0.3) is 5.69 Å². The van der Waals surface area contributed by atoms with Gasteiger partial charge in [-0.05, 0) is 34.5 Å². The lowest BCUT2D eigenvalue weighted by atomic mass is 9.91. The predicted octanol–water partition coefficient (Wildman–Crippen LogP) is 5.53. The van der Waals surface area contributed by atoms with Crippen molar-refractivity contribution in [3.63, 3.8) is 0 Å². The van der Waals surface area contributed by atoms with Gasteiger partial charge in [-0.25, -0.2) is 0 Å². The number of nitro groups is 1. The standard InChI is InChI=1S/C25H20N2O4/c1-30-20-12-9-17(10-13-20)25-26-24(18-6-4-7-19(15-18)27(28)29)23-21-8-3-2-5-16(21)11-14-22(23)31-25/h2-15,24-26H,1H3/t24-,25+/m1/s1. The molecule has 0 aliphatic carbocycles. The first-order valence-corrected chi connectivity index (χ1v) is 9.97. The summed E-state index contributed by atoms with van der Waals surface area (Å²) in [5, 5.41) is 17.1. The zero-order valence-corrected chi connectivity index (χ0v) is 16.8. The van der Waals surface area contributed by atoms with E-state index in [4.69, 9.17) is 9.47 Å². The molecule has 4 aromatic carbocycles. The van der Waals surface area contributed by atoms with E-state index in [-0.39, 0.29) is 16.7 Å². The molecule has 0 unspecified atom stereocenters. The number of nitrogens with zero attached hydrogens (tertiary/aromatic N) is 1. The van der Waals surface area contributed by atoms with Crippen molar-refractivity contribution in [2.24, 2.45) is 0 Å². The summed E-state index contributed by atoms with van der Waals surface area (Å²) in [5.41, 5.74) is 2.79. The minimum absolute atomic E-state index is 0.0635. The molecule has 1 aliphatic heterocycles. The van der Waals surface area contributed by atoms with E-state index in [0.717, 1.165) is 39.0 Å². The molecule has 1 heterocycles. The zero-order chi connectivity index (χ0) is 21.4. The molecule has 31 heavy (non-hydrogen) atoms. The molecule has 0 spiro atoms. The van der Waals surface area contributed by atoms with Crippen molar-refractivity contribution >= 4 is 16.5 Å². The molecule has 1 N–H and O–H groups in total. The Balaban J connectivity index is 1.66. The third-order valence-electron chi connectivity index (χ3n) is 5.62. The van der Waals surface area contributed by atoms with Gasteiger partial charge in [-0.2, -0.15) is 0 Å². The number of rotatable bonds is 4. The molecule has 0 aromatic heterocycles. The summed E-state index contributed by atoms with van der Waals surface area (Å²) in [5.74, 6) is 1.52. The van der Waals surface area contributed by atoms with Crippen LogP contribution >= 0.6 is 0 Å². The number of non-ortho nitro benzene ring substituents is 1. The molecular formula is C25H20N2O4. The van der Waals surface area contributed by atoms with Crippen LogP contribution in [0.5, 0.6) is 11.5 Å². The third-order valence-corrected chi connectivity index (χ3v) is 5.62. The lowest BCUT2D eigenvalue weighted by Gasteiger charge is -2.35. The molecule has 0 saturated heterocycles.